The molecule has 1 aromatic carbocycles. The van der Waals surface area contributed by atoms with Crippen LogP contribution in [0.5, 0.6) is 0 Å². The molecular formula is C16H20ClN3O2S2. The molecule has 0 aliphatic carbocycles. The molecule has 1 aromatic heterocycles. The maximum atomic E-state index is 12.6. The van der Waals surface area contributed by atoms with Gasteiger partial charge in [-0.3, -0.25) is 4.72 Å². The molecule has 0 radical (unpaired) electrons. The largest absolute Gasteiger partial charge is 0.367 e. The van der Waals surface area contributed by atoms with Crippen LogP contribution in [0.1, 0.15) is 6.92 Å². The quantitative estimate of drug-likeness (QED) is 0.857. The van der Waals surface area contributed by atoms with Crippen LogP contribution in [0.2, 0.25) is 4.34 Å². The molecule has 0 spiro atoms. The van der Waals surface area contributed by atoms with Crippen molar-refractivity contribution in [2.75, 3.05) is 42.3 Å². The Morgan fingerprint density at radius 3 is 2.46 bits per heavy atom. The third-order valence-electron chi connectivity index (χ3n) is 4.12. The van der Waals surface area contributed by atoms with Crippen LogP contribution < -0.4 is 9.62 Å². The number of hydrogen-bond donors (Lipinski definition) is 1. The Morgan fingerprint density at radius 1 is 1.12 bits per heavy atom. The van der Waals surface area contributed by atoms with Crippen molar-refractivity contribution in [2.24, 2.45) is 0 Å². The number of rotatable bonds is 5. The molecule has 1 N–H and O–H groups in total. The fourth-order valence-corrected chi connectivity index (χ4v) is 5.33. The van der Waals surface area contributed by atoms with Gasteiger partial charge in [-0.05, 0) is 30.8 Å². The number of sulfonamides is 1. The highest BCUT2D eigenvalue weighted by Crippen LogP contribution is 2.31. The normalized spacial score (nSPS) is 16.3. The maximum Gasteiger partial charge on any atom is 0.271 e. The molecule has 2 heterocycles. The van der Waals surface area contributed by atoms with E-state index in [4.69, 9.17) is 11.6 Å². The number of anilines is 2. The second-order valence-electron chi connectivity index (χ2n) is 5.60. The molecule has 1 saturated heterocycles. The van der Waals surface area contributed by atoms with Gasteiger partial charge in [-0.1, -0.05) is 30.7 Å². The minimum Gasteiger partial charge on any atom is -0.367 e. The molecule has 0 atom stereocenters. The van der Waals surface area contributed by atoms with Crippen molar-refractivity contribution in [1.29, 1.82) is 0 Å². The van der Waals surface area contributed by atoms with Crippen molar-refractivity contribution in [2.45, 2.75) is 11.1 Å². The van der Waals surface area contributed by atoms with E-state index in [1.54, 1.807) is 12.1 Å². The average Bonchev–Trinajstić information content (AvgIpc) is 3.03. The van der Waals surface area contributed by atoms with E-state index in [2.05, 4.69) is 21.4 Å². The van der Waals surface area contributed by atoms with E-state index in [1.807, 2.05) is 18.2 Å². The summed E-state index contributed by atoms with van der Waals surface area (Å²) in [6.45, 7) is 6.94. The molecule has 0 bridgehead atoms. The Bertz CT molecular complexity index is 799. The van der Waals surface area contributed by atoms with Gasteiger partial charge in [-0.15, -0.1) is 11.3 Å². The number of piperazine rings is 1. The van der Waals surface area contributed by atoms with Crippen molar-refractivity contribution in [1.82, 2.24) is 4.90 Å². The minimum atomic E-state index is -3.62. The summed E-state index contributed by atoms with van der Waals surface area (Å²) < 4.78 is 28.5. The number of nitrogens with zero attached hydrogens (tertiary/aromatic N) is 2. The van der Waals surface area contributed by atoms with Crippen molar-refractivity contribution in [3.63, 3.8) is 0 Å². The van der Waals surface area contributed by atoms with Crippen LogP contribution in [-0.2, 0) is 10.0 Å². The monoisotopic (exact) mass is 385 g/mol. The molecule has 0 amide bonds. The van der Waals surface area contributed by atoms with Gasteiger partial charge in [-0.2, -0.15) is 0 Å². The van der Waals surface area contributed by atoms with Gasteiger partial charge in [0.1, 0.15) is 4.21 Å². The molecule has 2 aromatic rings. The van der Waals surface area contributed by atoms with Crippen molar-refractivity contribution in [3.05, 3.63) is 40.7 Å². The summed E-state index contributed by atoms with van der Waals surface area (Å²) in [6.07, 6.45) is 0. The van der Waals surface area contributed by atoms with Crippen molar-refractivity contribution < 1.29 is 8.42 Å². The van der Waals surface area contributed by atoms with Gasteiger partial charge in [-0.25, -0.2) is 8.42 Å². The maximum absolute atomic E-state index is 12.6. The van der Waals surface area contributed by atoms with Crippen LogP contribution >= 0.6 is 22.9 Å². The Morgan fingerprint density at radius 2 is 1.83 bits per heavy atom. The van der Waals surface area contributed by atoms with Crippen LogP contribution in [0.3, 0.4) is 0 Å². The number of para-hydroxylation sites is 2. The Balaban J connectivity index is 1.82. The molecule has 0 saturated carbocycles. The zero-order valence-electron chi connectivity index (χ0n) is 13.4. The Hall–Kier alpha value is -1.28. The number of thiophene rings is 1. The van der Waals surface area contributed by atoms with E-state index in [0.29, 0.717) is 10.0 Å². The van der Waals surface area contributed by atoms with E-state index in [0.717, 1.165) is 49.7 Å². The lowest BCUT2D eigenvalue weighted by atomic mass is 10.2. The fourth-order valence-electron chi connectivity index (χ4n) is 2.78. The lowest BCUT2D eigenvalue weighted by Gasteiger charge is -2.36. The molecule has 3 rings (SSSR count). The van der Waals surface area contributed by atoms with E-state index in [1.165, 1.54) is 6.07 Å². The zero-order chi connectivity index (χ0) is 17.2. The molecule has 0 unspecified atom stereocenters. The molecule has 130 valence electrons. The second kappa shape index (κ2) is 7.31. The van der Waals surface area contributed by atoms with Gasteiger partial charge in [0.2, 0.25) is 0 Å². The third kappa shape index (κ3) is 3.85. The van der Waals surface area contributed by atoms with Gasteiger partial charge >= 0.3 is 0 Å². The van der Waals surface area contributed by atoms with Crippen LogP contribution in [0.15, 0.2) is 40.6 Å². The third-order valence-corrected chi connectivity index (χ3v) is 7.21. The van der Waals surface area contributed by atoms with Gasteiger partial charge in [0.05, 0.1) is 15.7 Å². The van der Waals surface area contributed by atoms with Gasteiger partial charge in [0, 0.05) is 26.2 Å². The first-order valence-corrected chi connectivity index (χ1v) is 10.5. The highest BCUT2D eigenvalue weighted by molar-refractivity contribution is 7.94. The molecule has 8 heteroatoms. The van der Waals surface area contributed by atoms with E-state index in [9.17, 15) is 8.42 Å². The molecule has 1 fully saturated rings. The van der Waals surface area contributed by atoms with Gasteiger partial charge in [0.25, 0.3) is 10.0 Å². The molecule has 1 aliphatic rings. The number of benzene rings is 1. The first kappa shape index (κ1) is 17.5. The van der Waals surface area contributed by atoms with Crippen LogP contribution in [0.4, 0.5) is 11.4 Å². The van der Waals surface area contributed by atoms with Crippen molar-refractivity contribution >= 4 is 44.3 Å². The summed E-state index contributed by atoms with van der Waals surface area (Å²) >= 11 is 6.92. The molecule has 5 nitrogen and oxygen atoms in total. The summed E-state index contributed by atoms with van der Waals surface area (Å²) in [5.74, 6) is 0. The van der Waals surface area contributed by atoms with Crippen LogP contribution in [0, 0.1) is 0 Å². The second-order valence-corrected chi connectivity index (χ2v) is 9.23. The average molecular weight is 386 g/mol. The summed E-state index contributed by atoms with van der Waals surface area (Å²) in [5, 5.41) is 0. The fraction of sp³-hybridized carbons (Fsp3) is 0.375. The minimum absolute atomic E-state index is 0.220. The number of nitrogens with one attached hydrogen (secondary N) is 1. The molecular weight excluding hydrogens is 366 g/mol. The summed E-state index contributed by atoms with van der Waals surface area (Å²) in [7, 11) is -3.62. The highest BCUT2D eigenvalue weighted by atomic mass is 35.5. The Kier molecular flexibility index (Phi) is 5.34. The number of hydrogen-bond acceptors (Lipinski definition) is 5. The predicted molar refractivity (Wildman–Crippen MR) is 101 cm³/mol. The SMILES string of the molecule is CCN1CCN(c2ccccc2NS(=O)(=O)c2ccc(Cl)s2)CC1. The van der Waals surface area contributed by atoms with Gasteiger partial charge < -0.3 is 9.80 Å². The summed E-state index contributed by atoms with van der Waals surface area (Å²) in [4.78, 5) is 4.61. The lowest BCUT2D eigenvalue weighted by molar-refractivity contribution is 0.271. The smallest absolute Gasteiger partial charge is 0.271 e. The highest BCUT2D eigenvalue weighted by Gasteiger charge is 2.22. The molecule has 24 heavy (non-hydrogen) atoms. The number of halogens is 1. The van der Waals surface area contributed by atoms with Gasteiger partial charge in [0.15, 0.2) is 0 Å². The number of likely N-dealkylation sites (N-methyl/N-ethyl adjacent to an activating group) is 1. The van der Waals surface area contributed by atoms with Crippen molar-refractivity contribution in [3.8, 4) is 0 Å². The lowest BCUT2D eigenvalue weighted by Crippen LogP contribution is -2.46. The van der Waals surface area contributed by atoms with Crippen LogP contribution in [-0.4, -0.2) is 46.0 Å². The summed E-state index contributed by atoms with van der Waals surface area (Å²) in [6, 6.07) is 10.6. The topological polar surface area (TPSA) is 52.6 Å². The first-order valence-electron chi connectivity index (χ1n) is 7.84. The summed E-state index contributed by atoms with van der Waals surface area (Å²) in [5.41, 5.74) is 1.52. The molecule has 1 aliphatic heterocycles. The Labute approximate surface area is 151 Å². The van der Waals surface area contributed by atoms with E-state index >= 15 is 0 Å². The van der Waals surface area contributed by atoms with Crippen LogP contribution in [0.25, 0.3) is 0 Å². The zero-order valence-corrected chi connectivity index (χ0v) is 15.8. The van der Waals surface area contributed by atoms with E-state index in [-0.39, 0.29) is 4.21 Å². The standard InChI is InChI=1S/C16H20ClN3O2S2/c1-2-19-9-11-20(12-10-19)14-6-4-3-5-13(14)18-24(21,22)16-8-7-15(17)23-16/h3-8,18H,2,9-12H2,1H3. The van der Waals surface area contributed by atoms with E-state index < -0.39 is 10.0 Å². The predicted octanol–water partition coefficient (Wildman–Crippen LogP) is 3.34. The first-order chi connectivity index (χ1) is 11.5.